The smallest absolute Gasteiger partial charge is 0.254 e. The van der Waals surface area contributed by atoms with Gasteiger partial charge in [0.25, 0.3) is 5.91 Å². The van der Waals surface area contributed by atoms with Crippen molar-refractivity contribution in [3.8, 4) is 0 Å². The van der Waals surface area contributed by atoms with Crippen molar-refractivity contribution in [2.75, 3.05) is 17.5 Å². The SMILES string of the molecule is NC(=O)[C@H](CCCN=C(N)N)NC(=O)c1cc(N)ccc1N([O-])O. The summed E-state index contributed by atoms with van der Waals surface area (Å²) in [6.45, 7) is 0.260. The Balaban J connectivity index is 2.84. The number of primary amides is 1. The van der Waals surface area contributed by atoms with Gasteiger partial charge in [0.15, 0.2) is 5.96 Å². The summed E-state index contributed by atoms with van der Waals surface area (Å²) >= 11 is 0. The van der Waals surface area contributed by atoms with E-state index in [1.165, 1.54) is 18.2 Å². The summed E-state index contributed by atoms with van der Waals surface area (Å²) in [6, 6.07) is 2.71. The zero-order valence-corrected chi connectivity index (χ0v) is 12.8. The highest BCUT2D eigenvalue weighted by molar-refractivity contribution is 6.02. The van der Waals surface area contributed by atoms with E-state index >= 15 is 0 Å². The van der Waals surface area contributed by atoms with Crippen molar-refractivity contribution >= 4 is 29.1 Å². The Morgan fingerprint density at radius 1 is 1.33 bits per heavy atom. The number of guanidine groups is 1. The second-order valence-corrected chi connectivity index (χ2v) is 4.93. The van der Waals surface area contributed by atoms with E-state index in [2.05, 4.69) is 10.3 Å². The molecule has 0 saturated heterocycles. The van der Waals surface area contributed by atoms with Gasteiger partial charge in [0.1, 0.15) is 6.04 Å². The highest BCUT2D eigenvalue weighted by Crippen LogP contribution is 2.21. The molecule has 0 fully saturated rings. The van der Waals surface area contributed by atoms with Gasteiger partial charge in [0.05, 0.1) is 11.3 Å². The van der Waals surface area contributed by atoms with E-state index in [9.17, 15) is 14.8 Å². The number of nitrogens with one attached hydrogen (secondary N) is 1. The van der Waals surface area contributed by atoms with E-state index in [0.29, 0.717) is 6.42 Å². The molecule has 10 N–H and O–H groups in total. The Hall–Kier alpha value is -3.05. The second kappa shape index (κ2) is 8.55. The predicted octanol–water partition coefficient (Wildman–Crippen LogP) is -1.40. The average molecular weight is 338 g/mol. The molecule has 132 valence electrons. The number of nitrogens with two attached hydrogens (primary N) is 4. The van der Waals surface area contributed by atoms with Crippen molar-refractivity contribution in [3.05, 3.63) is 29.0 Å². The molecule has 0 saturated carbocycles. The van der Waals surface area contributed by atoms with E-state index in [1.54, 1.807) is 0 Å². The van der Waals surface area contributed by atoms with Crippen molar-refractivity contribution in [1.82, 2.24) is 5.32 Å². The van der Waals surface area contributed by atoms with Gasteiger partial charge >= 0.3 is 0 Å². The molecule has 0 aliphatic carbocycles. The lowest BCUT2D eigenvalue weighted by molar-refractivity contribution is -0.120. The topological polar surface area (TPSA) is 209 Å². The van der Waals surface area contributed by atoms with Crippen molar-refractivity contribution < 1.29 is 14.8 Å². The Morgan fingerprint density at radius 2 is 2.00 bits per heavy atom. The number of hydrogen-bond donors (Lipinski definition) is 6. The van der Waals surface area contributed by atoms with Crippen LogP contribution in [0.1, 0.15) is 23.2 Å². The molecule has 0 aliphatic rings. The van der Waals surface area contributed by atoms with Crippen LogP contribution in [0.2, 0.25) is 0 Å². The Morgan fingerprint density at radius 3 is 2.54 bits per heavy atom. The van der Waals surface area contributed by atoms with Crippen LogP contribution < -0.4 is 33.5 Å². The summed E-state index contributed by atoms with van der Waals surface area (Å²) in [5, 5.41) is 22.1. The number of aliphatic imine (C=N–C) groups is 1. The average Bonchev–Trinajstić information content (AvgIpc) is 2.49. The van der Waals surface area contributed by atoms with Crippen LogP contribution in [0.25, 0.3) is 0 Å². The Kier molecular flexibility index (Phi) is 6.77. The molecule has 0 aliphatic heterocycles. The van der Waals surface area contributed by atoms with Crippen LogP contribution in [0.4, 0.5) is 11.4 Å². The van der Waals surface area contributed by atoms with Crippen molar-refractivity contribution in [3.63, 3.8) is 0 Å². The van der Waals surface area contributed by atoms with E-state index in [4.69, 9.17) is 28.1 Å². The molecule has 24 heavy (non-hydrogen) atoms. The minimum atomic E-state index is -1.00. The number of rotatable bonds is 8. The maximum Gasteiger partial charge on any atom is 0.254 e. The van der Waals surface area contributed by atoms with Crippen molar-refractivity contribution in [2.24, 2.45) is 22.2 Å². The van der Waals surface area contributed by atoms with Crippen LogP contribution in [0, 0.1) is 5.21 Å². The second-order valence-electron chi connectivity index (χ2n) is 4.93. The number of carbonyl (C=O) groups is 2. The third-order valence-corrected chi connectivity index (χ3v) is 3.07. The first-order valence-electron chi connectivity index (χ1n) is 6.93. The number of anilines is 2. The number of amides is 2. The molecule has 0 aromatic heterocycles. The molecule has 0 radical (unpaired) electrons. The standard InChI is InChI=1S/C13H20N7O4/c14-7-3-4-10(20(23)24)8(6-7)12(22)19-9(11(15)21)2-1-5-18-13(16)17/h3-4,6,9,23H,1-2,5,14H2,(H2,15,21)(H,19,22)(H4,16,17,18)/q-1/t9-/m0/s1. The molecule has 1 atom stereocenters. The molecule has 11 heteroatoms. The first kappa shape index (κ1) is 19.0. The first-order valence-corrected chi connectivity index (χ1v) is 6.93. The van der Waals surface area contributed by atoms with E-state index < -0.39 is 23.1 Å². The van der Waals surface area contributed by atoms with Gasteiger partial charge in [0.2, 0.25) is 5.91 Å². The lowest BCUT2D eigenvalue weighted by Gasteiger charge is -2.25. The van der Waals surface area contributed by atoms with Gasteiger partial charge in [0, 0.05) is 12.2 Å². The number of hydrogen-bond acceptors (Lipinski definition) is 7. The van der Waals surface area contributed by atoms with Gasteiger partial charge < -0.3 is 38.7 Å². The highest BCUT2D eigenvalue weighted by atomic mass is 16.8. The normalized spacial score (nSPS) is 11.4. The fourth-order valence-electron chi connectivity index (χ4n) is 1.93. The van der Waals surface area contributed by atoms with Gasteiger partial charge in [-0.05, 0) is 31.0 Å². The van der Waals surface area contributed by atoms with Crippen LogP contribution in [0.3, 0.4) is 0 Å². The predicted molar refractivity (Wildman–Crippen MR) is 88.8 cm³/mol. The third kappa shape index (κ3) is 5.62. The van der Waals surface area contributed by atoms with Gasteiger partial charge in [-0.1, -0.05) is 0 Å². The first-order chi connectivity index (χ1) is 11.2. The Labute approximate surface area is 137 Å². The molecule has 1 rings (SSSR count). The number of benzene rings is 1. The summed E-state index contributed by atoms with van der Waals surface area (Å²) in [4.78, 5) is 27.5. The molecular weight excluding hydrogens is 318 g/mol. The van der Waals surface area contributed by atoms with Crippen LogP contribution >= 0.6 is 0 Å². The van der Waals surface area contributed by atoms with E-state index in [1.807, 2.05) is 0 Å². The number of nitrogens with zero attached hydrogens (tertiary/aromatic N) is 2. The van der Waals surface area contributed by atoms with Gasteiger partial charge in [-0.2, -0.15) is 0 Å². The summed E-state index contributed by atoms with van der Waals surface area (Å²) < 4.78 is 0. The number of nitrogen functional groups attached to an aromatic ring is 1. The maximum atomic E-state index is 12.3. The molecule has 0 spiro atoms. The lowest BCUT2D eigenvalue weighted by atomic mass is 10.1. The molecule has 2 amide bonds. The monoisotopic (exact) mass is 338 g/mol. The zero-order chi connectivity index (χ0) is 18.3. The molecule has 0 unspecified atom stereocenters. The summed E-state index contributed by atoms with van der Waals surface area (Å²) in [5.41, 5.74) is 20.9. The van der Waals surface area contributed by atoms with Crippen LogP contribution in [-0.4, -0.2) is 35.6 Å². The van der Waals surface area contributed by atoms with Gasteiger partial charge in [-0.3, -0.25) is 19.8 Å². The maximum absolute atomic E-state index is 12.3. The quantitative estimate of drug-likeness (QED) is 0.109. The Bertz CT molecular complexity index is 629. The minimum absolute atomic E-state index is 0.0856. The van der Waals surface area contributed by atoms with Crippen LogP contribution in [-0.2, 0) is 4.79 Å². The molecule has 0 bridgehead atoms. The lowest BCUT2D eigenvalue weighted by Crippen LogP contribution is -2.44. The molecular formula is C13H20N7O4-. The summed E-state index contributed by atoms with van der Waals surface area (Å²) in [5.74, 6) is -1.63. The van der Waals surface area contributed by atoms with E-state index in [0.717, 1.165) is 0 Å². The largest absolute Gasteiger partial charge is 0.733 e. The molecule has 1 aromatic carbocycles. The fourth-order valence-corrected chi connectivity index (χ4v) is 1.93. The molecule has 1 aromatic rings. The van der Waals surface area contributed by atoms with Crippen molar-refractivity contribution in [2.45, 2.75) is 18.9 Å². The van der Waals surface area contributed by atoms with Gasteiger partial charge in [-0.15, -0.1) is 0 Å². The molecule has 0 heterocycles. The third-order valence-electron chi connectivity index (χ3n) is 3.07. The van der Waals surface area contributed by atoms with Crippen LogP contribution in [0.15, 0.2) is 23.2 Å². The molecule has 11 nitrogen and oxygen atoms in total. The van der Waals surface area contributed by atoms with E-state index in [-0.39, 0.29) is 35.9 Å². The minimum Gasteiger partial charge on any atom is -0.733 e. The zero-order valence-electron chi connectivity index (χ0n) is 12.8. The van der Waals surface area contributed by atoms with Gasteiger partial charge in [-0.25, -0.2) is 0 Å². The summed E-state index contributed by atoms with van der Waals surface area (Å²) in [7, 11) is 0. The fraction of sp³-hybridized carbons (Fsp3) is 0.308. The number of carbonyl (C=O) groups excluding carboxylic acids is 2. The summed E-state index contributed by atoms with van der Waals surface area (Å²) in [6.07, 6.45) is 0.582. The van der Waals surface area contributed by atoms with Crippen molar-refractivity contribution in [1.29, 1.82) is 0 Å². The highest BCUT2D eigenvalue weighted by Gasteiger charge is 2.21. The van der Waals surface area contributed by atoms with Crippen LogP contribution in [0.5, 0.6) is 0 Å².